The van der Waals surface area contributed by atoms with Crippen LogP contribution in [0.1, 0.15) is 16.1 Å². The van der Waals surface area contributed by atoms with Crippen LogP contribution >= 0.6 is 22.9 Å². The van der Waals surface area contributed by atoms with Gasteiger partial charge in [-0.1, -0.05) is 17.7 Å². The molecule has 0 N–H and O–H groups in total. The monoisotopic (exact) mass is 440 g/mol. The van der Waals surface area contributed by atoms with E-state index in [0.29, 0.717) is 27.9 Å². The molecule has 0 aliphatic rings. The van der Waals surface area contributed by atoms with Crippen LogP contribution in [0.5, 0.6) is 11.5 Å². The minimum atomic E-state index is -0.430. The zero-order chi connectivity index (χ0) is 21.1. The van der Waals surface area contributed by atoms with Gasteiger partial charge in [-0.25, -0.2) is 14.8 Å². The fraction of sp³-hybridized carbons (Fsp3) is 0.136. The van der Waals surface area contributed by atoms with Gasteiger partial charge in [-0.2, -0.15) is 0 Å². The summed E-state index contributed by atoms with van der Waals surface area (Å²) >= 11 is 7.34. The lowest BCUT2D eigenvalue weighted by Crippen LogP contribution is -2.05. The van der Waals surface area contributed by atoms with Gasteiger partial charge in [0.25, 0.3) is 0 Å². The smallest absolute Gasteiger partial charge is 0.338 e. The highest BCUT2D eigenvalue weighted by Gasteiger charge is 2.16. The van der Waals surface area contributed by atoms with Crippen molar-refractivity contribution in [1.82, 2.24) is 9.97 Å². The summed E-state index contributed by atoms with van der Waals surface area (Å²) in [5.41, 5.74) is 2.63. The highest BCUT2D eigenvalue weighted by molar-refractivity contribution is 7.13. The lowest BCUT2D eigenvalue weighted by Gasteiger charge is -2.10. The molecule has 0 aliphatic heterocycles. The van der Waals surface area contributed by atoms with Crippen molar-refractivity contribution in [3.63, 3.8) is 0 Å². The normalized spacial score (nSPS) is 10.8. The van der Waals surface area contributed by atoms with Gasteiger partial charge in [0.1, 0.15) is 16.8 Å². The summed E-state index contributed by atoms with van der Waals surface area (Å²) in [5, 5.41) is 3.83. The topological polar surface area (TPSA) is 70.5 Å². The van der Waals surface area contributed by atoms with Gasteiger partial charge in [0.2, 0.25) is 0 Å². The predicted molar refractivity (Wildman–Crippen MR) is 117 cm³/mol. The SMILES string of the molecule is COc1cccc(-c2nc(COC(=O)c3ccc4nc(Cl)ccc4c3)cs2)c1OC. The molecule has 2 aromatic heterocycles. The second-order valence-corrected chi connectivity index (χ2v) is 7.55. The van der Waals surface area contributed by atoms with E-state index in [1.165, 1.54) is 11.3 Å². The average Bonchev–Trinajstić information content (AvgIpc) is 3.25. The molecule has 4 rings (SSSR count). The van der Waals surface area contributed by atoms with Crippen LogP contribution in [0.15, 0.2) is 53.9 Å². The van der Waals surface area contributed by atoms with Gasteiger partial charge in [-0.05, 0) is 42.5 Å². The molecule has 30 heavy (non-hydrogen) atoms. The third-order valence-electron chi connectivity index (χ3n) is 4.43. The summed E-state index contributed by atoms with van der Waals surface area (Å²) in [6.07, 6.45) is 0. The molecule has 0 aliphatic carbocycles. The zero-order valence-corrected chi connectivity index (χ0v) is 17.8. The molecule has 0 saturated heterocycles. The molecule has 0 radical (unpaired) electrons. The Morgan fingerprint density at radius 2 is 1.93 bits per heavy atom. The molecule has 6 nitrogen and oxygen atoms in total. The zero-order valence-electron chi connectivity index (χ0n) is 16.2. The number of carbonyl (C=O) groups excluding carboxylic acids is 1. The lowest BCUT2D eigenvalue weighted by molar-refractivity contribution is 0.0468. The Morgan fingerprint density at radius 3 is 2.73 bits per heavy atom. The van der Waals surface area contributed by atoms with Crippen LogP contribution in [0.25, 0.3) is 21.5 Å². The van der Waals surface area contributed by atoms with Crippen LogP contribution in [0.4, 0.5) is 0 Å². The van der Waals surface area contributed by atoms with Gasteiger partial charge in [0, 0.05) is 10.8 Å². The maximum atomic E-state index is 12.5. The van der Waals surface area contributed by atoms with E-state index in [2.05, 4.69) is 9.97 Å². The molecule has 8 heteroatoms. The molecular formula is C22H17ClN2O4S. The van der Waals surface area contributed by atoms with Gasteiger partial charge in [-0.3, -0.25) is 0 Å². The van der Waals surface area contributed by atoms with E-state index in [0.717, 1.165) is 21.5 Å². The molecule has 0 unspecified atom stereocenters. The van der Waals surface area contributed by atoms with E-state index in [4.69, 9.17) is 25.8 Å². The Balaban J connectivity index is 1.48. The first-order chi connectivity index (χ1) is 14.6. The second kappa shape index (κ2) is 8.69. The van der Waals surface area contributed by atoms with E-state index >= 15 is 0 Å². The third kappa shape index (κ3) is 4.08. The van der Waals surface area contributed by atoms with E-state index < -0.39 is 5.97 Å². The number of ether oxygens (including phenoxy) is 3. The number of hydrogen-bond donors (Lipinski definition) is 0. The molecule has 0 amide bonds. The number of esters is 1. The Hall–Kier alpha value is -3.16. The molecule has 2 aromatic carbocycles. The van der Waals surface area contributed by atoms with E-state index in [-0.39, 0.29) is 6.61 Å². The Bertz CT molecular complexity index is 1220. The summed E-state index contributed by atoms with van der Waals surface area (Å²) < 4.78 is 16.3. The summed E-state index contributed by atoms with van der Waals surface area (Å²) in [4.78, 5) is 21.2. The van der Waals surface area contributed by atoms with Crippen molar-refractivity contribution in [2.45, 2.75) is 6.61 Å². The first kappa shape index (κ1) is 20.1. The van der Waals surface area contributed by atoms with Crippen LogP contribution in [0.2, 0.25) is 5.15 Å². The number of pyridine rings is 1. The van der Waals surface area contributed by atoms with Gasteiger partial charge in [0.05, 0.1) is 36.6 Å². The van der Waals surface area contributed by atoms with E-state index in [1.807, 2.05) is 29.6 Å². The number of nitrogens with zero attached hydrogens (tertiary/aromatic N) is 2. The standard InChI is InChI=1S/C22H17ClN2O4S/c1-27-18-5-3-4-16(20(18)28-2)21-24-15(12-30-21)11-29-22(26)14-6-8-17-13(10-14)7-9-19(23)25-17/h3-10,12H,11H2,1-2H3. The number of hydrogen-bond acceptors (Lipinski definition) is 7. The van der Waals surface area contributed by atoms with E-state index in [9.17, 15) is 4.79 Å². The molecule has 152 valence electrons. The van der Waals surface area contributed by atoms with Crippen molar-refractivity contribution in [2.24, 2.45) is 0 Å². The molecule has 0 fully saturated rings. The van der Waals surface area contributed by atoms with Crippen molar-refractivity contribution in [1.29, 1.82) is 0 Å². The molecule has 4 aromatic rings. The Labute approximate surface area is 182 Å². The third-order valence-corrected chi connectivity index (χ3v) is 5.56. The number of carbonyl (C=O) groups is 1. The highest BCUT2D eigenvalue weighted by Crippen LogP contribution is 2.39. The number of rotatable bonds is 6. The minimum Gasteiger partial charge on any atom is -0.493 e. The van der Waals surface area contributed by atoms with Crippen molar-refractivity contribution >= 4 is 39.8 Å². The Kier molecular flexibility index (Phi) is 5.83. The van der Waals surface area contributed by atoms with Crippen LogP contribution in [-0.4, -0.2) is 30.2 Å². The number of aromatic nitrogens is 2. The molecule has 0 atom stereocenters. The maximum absolute atomic E-state index is 12.5. The fourth-order valence-corrected chi connectivity index (χ4v) is 3.98. The first-order valence-corrected chi connectivity index (χ1v) is 10.2. The van der Waals surface area contributed by atoms with Crippen molar-refractivity contribution in [3.05, 3.63) is 70.3 Å². The molecule has 0 spiro atoms. The number of fused-ring (bicyclic) bond motifs is 1. The molecule has 0 saturated carbocycles. The summed E-state index contributed by atoms with van der Waals surface area (Å²) in [6, 6.07) is 14.2. The number of thiazole rings is 1. The summed E-state index contributed by atoms with van der Waals surface area (Å²) in [7, 11) is 3.18. The molecule has 2 heterocycles. The predicted octanol–water partition coefficient (Wildman–Crippen LogP) is 5.39. The number of halogens is 1. The van der Waals surface area contributed by atoms with Crippen LogP contribution in [0, 0.1) is 0 Å². The van der Waals surface area contributed by atoms with E-state index in [1.54, 1.807) is 38.5 Å². The van der Waals surface area contributed by atoms with Crippen molar-refractivity contribution < 1.29 is 19.0 Å². The van der Waals surface area contributed by atoms with Gasteiger partial charge in [0.15, 0.2) is 11.5 Å². The van der Waals surface area contributed by atoms with Crippen LogP contribution in [0.3, 0.4) is 0 Å². The molecule has 0 bridgehead atoms. The number of benzene rings is 2. The quantitative estimate of drug-likeness (QED) is 0.296. The minimum absolute atomic E-state index is 0.0680. The van der Waals surface area contributed by atoms with Crippen LogP contribution < -0.4 is 9.47 Å². The van der Waals surface area contributed by atoms with Gasteiger partial charge in [-0.15, -0.1) is 11.3 Å². The molecular weight excluding hydrogens is 424 g/mol. The lowest BCUT2D eigenvalue weighted by atomic mass is 10.1. The largest absolute Gasteiger partial charge is 0.493 e. The maximum Gasteiger partial charge on any atom is 0.338 e. The van der Waals surface area contributed by atoms with Crippen molar-refractivity contribution in [2.75, 3.05) is 14.2 Å². The second-order valence-electron chi connectivity index (χ2n) is 6.30. The highest BCUT2D eigenvalue weighted by atomic mass is 35.5. The Morgan fingerprint density at radius 1 is 1.07 bits per heavy atom. The van der Waals surface area contributed by atoms with Gasteiger partial charge >= 0.3 is 5.97 Å². The van der Waals surface area contributed by atoms with Crippen LogP contribution in [-0.2, 0) is 11.3 Å². The first-order valence-electron chi connectivity index (χ1n) is 8.98. The average molecular weight is 441 g/mol. The summed E-state index contributed by atoms with van der Waals surface area (Å²) in [5.74, 6) is 0.813. The number of methoxy groups -OCH3 is 2. The number of para-hydroxylation sites is 1. The fourth-order valence-electron chi connectivity index (χ4n) is 3.00. The van der Waals surface area contributed by atoms with Crippen molar-refractivity contribution in [3.8, 4) is 22.1 Å². The summed E-state index contributed by atoms with van der Waals surface area (Å²) in [6.45, 7) is 0.0680. The van der Waals surface area contributed by atoms with Gasteiger partial charge < -0.3 is 14.2 Å².